The van der Waals surface area contributed by atoms with Gasteiger partial charge in [0, 0.05) is 6.42 Å². The van der Waals surface area contributed by atoms with E-state index in [9.17, 15) is 19.1 Å². The van der Waals surface area contributed by atoms with Crippen molar-refractivity contribution in [2.24, 2.45) is 0 Å². The summed E-state index contributed by atoms with van der Waals surface area (Å²) in [5.74, 6) is -1.88. The van der Waals surface area contributed by atoms with Gasteiger partial charge in [0.25, 0.3) is 5.91 Å². The van der Waals surface area contributed by atoms with E-state index in [0.29, 0.717) is 17.7 Å². The molecule has 2 aromatic carbocycles. The largest absolute Gasteiger partial charge is 0.504 e. The van der Waals surface area contributed by atoms with Crippen LogP contribution < -0.4 is 10.9 Å². The lowest BCUT2D eigenvalue weighted by Gasteiger charge is -2.06. The molecule has 7 nitrogen and oxygen atoms in total. The van der Waals surface area contributed by atoms with Crippen molar-refractivity contribution in [3.63, 3.8) is 0 Å². The molecule has 2 amide bonds. The normalized spacial score (nSPS) is 10.4. The fourth-order valence-corrected chi connectivity index (χ4v) is 2.44. The minimum absolute atomic E-state index is 0.0637. The minimum atomic E-state index is -0.749. The van der Waals surface area contributed by atoms with Crippen molar-refractivity contribution in [2.45, 2.75) is 12.8 Å². The number of hydrogen-bond donors (Lipinski definition) is 3. The Hall–Kier alpha value is -3.68. The summed E-state index contributed by atoms with van der Waals surface area (Å²) in [7, 11) is 0. The van der Waals surface area contributed by atoms with Crippen molar-refractivity contribution in [3.05, 3.63) is 77.9 Å². The van der Waals surface area contributed by atoms with Crippen LogP contribution in [0.15, 0.2) is 60.8 Å². The number of benzene rings is 2. The molecule has 0 aliphatic heterocycles. The van der Waals surface area contributed by atoms with Gasteiger partial charge in [0.15, 0.2) is 11.4 Å². The number of amides is 2. The van der Waals surface area contributed by atoms with Gasteiger partial charge in [0.05, 0.1) is 11.9 Å². The van der Waals surface area contributed by atoms with Gasteiger partial charge in [-0.25, -0.2) is 9.07 Å². The van der Waals surface area contributed by atoms with Crippen LogP contribution >= 0.6 is 0 Å². The molecule has 1 aromatic heterocycles. The number of carbonyl (C=O) groups is 2. The summed E-state index contributed by atoms with van der Waals surface area (Å²) in [6.07, 6.45) is 1.69. The Kier molecular flexibility index (Phi) is 5.46. The average molecular weight is 368 g/mol. The summed E-state index contributed by atoms with van der Waals surface area (Å²) in [5, 5.41) is 13.9. The van der Waals surface area contributed by atoms with E-state index in [0.717, 1.165) is 0 Å². The van der Waals surface area contributed by atoms with Crippen molar-refractivity contribution < 1.29 is 19.1 Å². The summed E-state index contributed by atoms with van der Waals surface area (Å²) >= 11 is 0. The molecule has 0 fully saturated rings. The molecule has 3 N–H and O–H groups in total. The van der Waals surface area contributed by atoms with Crippen LogP contribution in [0.4, 0.5) is 4.39 Å². The van der Waals surface area contributed by atoms with Gasteiger partial charge in [-0.05, 0) is 36.2 Å². The van der Waals surface area contributed by atoms with E-state index in [4.69, 9.17) is 0 Å². The van der Waals surface area contributed by atoms with E-state index < -0.39 is 11.8 Å². The molecule has 8 heteroatoms. The first-order chi connectivity index (χ1) is 13.0. The van der Waals surface area contributed by atoms with Gasteiger partial charge < -0.3 is 5.11 Å². The van der Waals surface area contributed by atoms with Crippen LogP contribution in [0.25, 0.3) is 5.69 Å². The smallest absolute Gasteiger partial charge is 0.294 e. The molecule has 0 aliphatic rings. The van der Waals surface area contributed by atoms with Gasteiger partial charge in [-0.15, -0.1) is 0 Å². The lowest BCUT2D eigenvalue weighted by atomic mass is 10.1. The Morgan fingerprint density at radius 1 is 1.07 bits per heavy atom. The topological polar surface area (TPSA) is 96.3 Å². The highest BCUT2D eigenvalue weighted by molar-refractivity contribution is 5.95. The number of carbonyl (C=O) groups excluding carboxylic acids is 2. The van der Waals surface area contributed by atoms with E-state index in [1.807, 2.05) is 6.07 Å². The SMILES string of the molecule is O=C(CCc1cccc(F)c1)NNC(=O)c1nn(-c2ccccc2)cc1O. The predicted molar refractivity (Wildman–Crippen MR) is 95.6 cm³/mol. The van der Waals surface area contributed by atoms with Gasteiger partial charge >= 0.3 is 0 Å². The van der Waals surface area contributed by atoms with Crippen molar-refractivity contribution >= 4 is 11.8 Å². The number of hydrazine groups is 1. The van der Waals surface area contributed by atoms with Crippen LogP contribution in [0.5, 0.6) is 5.75 Å². The van der Waals surface area contributed by atoms with Crippen LogP contribution in [-0.2, 0) is 11.2 Å². The van der Waals surface area contributed by atoms with Gasteiger partial charge in [-0.3, -0.25) is 20.4 Å². The Morgan fingerprint density at radius 2 is 1.85 bits per heavy atom. The number of aromatic nitrogens is 2. The second kappa shape index (κ2) is 8.13. The highest BCUT2D eigenvalue weighted by Crippen LogP contribution is 2.17. The number of nitrogens with zero attached hydrogens (tertiary/aromatic N) is 2. The first-order valence-electron chi connectivity index (χ1n) is 8.20. The van der Waals surface area contributed by atoms with Gasteiger partial charge in [0.2, 0.25) is 5.91 Å². The fraction of sp³-hybridized carbons (Fsp3) is 0.105. The molecule has 138 valence electrons. The number of halogens is 1. The molecule has 0 unspecified atom stereocenters. The molecule has 0 saturated carbocycles. The van der Waals surface area contributed by atoms with Gasteiger partial charge in [0.1, 0.15) is 5.82 Å². The monoisotopic (exact) mass is 368 g/mol. The zero-order valence-electron chi connectivity index (χ0n) is 14.2. The summed E-state index contributed by atoms with van der Waals surface area (Å²) in [5.41, 5.74) is 5.58. The lowest BCUT2D eigenvalue weighted by molar-refractivity contribution is -0.121. The van der Waals surface area contributed by atoms with Crippen molar-refractivity contribution in [1.29, 1.82) is 0 Å². The standard InChI is InChI=1S/C19H17FN4O3/c20-14-6-4-5-13(11-14)9-10-17(26)21-22-19(27)18-16(25)12-24(23-18)15-7-2-1-3-8-15/h1-8,11-12,25H,9-10H2,(H,21,26)(H,22,27). The maximum absolute atomic E-state index is 13.1. The molecule has 0 spiro atoms. The molecule has 3 rings (SSSR count). The summed E-state index contributed by atoms with van der Waals surface area (Å²) in [4.78, 5) is 24.0. The van der Waals surface area contributed by atoms with E-state index in [2.05, 4.69) is 16.0 Å². The second-order valence-electron chi connectivity index (χ2n) is 5.78. The number of hydrogen-bond acceptors (Lipinski definition) is 4. The van der Waals surface area contributed by atoms with E-state index in [1.54, 1.807) is 36.4 Å². The number of rotatable bonds is 5. The van der Waals surface area contributed by atoms with Crippen LogP contribution in [0.2, 0.25) is 0 Å². The van der Waals surface area contributed by atoms with Crippen molar-refractivity contribution in [3.8, 4) is 11.4 Å². The van der Waals surface area contributed by atoms with Crippen LogP contribution in [0.3, 0.4) is 0 Å². The zero-order chi connectivity index (χ0) is 19.2. The third kappa shape index (κ3) is 4.69. The Morgan fingerprint density at radius 3 is 2.59 bits per heavy atom. The molecular formula is C19H17FN4O3. The molecular weight excluding hydrogens is 351 g/mol. The van der Waals surface area contributed by atoms with Crippen molar-refractivity contribution in [1.82, 2.24) is 20.6 Å². The number of nitrogens with one attached hydrogen (secondary N) is 2. The Bertz CT molecular complexity index is 957. The predicted octanol–water partition coefficient (Wildman–Crippen LogP) is 2.11. The fourth-order valence-electron chi connectivity index (χ4n) is 2.44. The van der Waals surface area contributed by atoms with E-state index in [-0.39, 0.29) is 23.7 Å². The second-order valence-corrected chi connectivity index (χ2v) is 5.78. The molecule has 0 radical (unpaired) electrons. The highest BCUT2D eigenvalue weighted by Gasteiger charge is 2.17. The van der Waals surface area contributed by atoms with Crippen LogP contribution in [-0.4, -0.2) is 26.7 Å². The van der Waals surface area contributed by atoms with E-state index >= 15 is 0 Å². The molecule has 27 heavy (non-hydrogen) atoms. The van der Waals surface area contributed by atoms with Crippen LogP contribution in [0, 0.1) is 5.82 Å². The van der Waals surface area contributed by atoms with E-state index in [1.165, 1.54) is 23.0 Å². The lowest BCUT2D eigenvalue weighted by Crippen LogP contribution is -2.42. The first kappa shape index (κ1) is 18.1. The van der Waals surface area contributed by atoms with Crippen LogP contribution in [0.1, 0.15) is 22.5 Å². The quantitative estimate of drug-likeness (QED) is 0.601. The number of aromatic hydroxyl groups is 1. The summed E-state index contributed by atoms with van der Waals surface area (Å²) < 4.78 is 14.5. The zero-order valence-corrected chi connectivity index (χ0v) is 14.2. The Labute approximate surface area is 154 Å². The molecule has 1 heterocycles. The average Bonchev–Trinajstić information content (AvgIpc) is 3.07. The molecule has 3 aromatic rings. The minimum Gasteiger partial charge on any atom is -0.504 e. The molecule has 0 bridgehead atoms. The third-order valence-electron chi connectivity index (χ3n) is 3.78. The maximum Gasteiger partial charge on any atom is 0.294 e. The molecule has 0 saturated heterocycles. The van der Waals surface area contributed by atoms with Crippen molar-refractivity contribution in [2.75, 3.05) is 0 Å². The maximum atomic E-state index is 13.1. The molecule has 0 aliphatic carbocycles. The number of para-hydroxylation sites is 1. The number of aryl methyl sites for hydroxylation is 1. The summed E-state index contributed by atoms with van der Waals surface area (Å²) in [6, 6.07) is 14.9. The summed E-state index contributed by atoms with van der Waals surface area (Å²) in [6.45, 7) is 0. The first-order valence-corrected chi connectivity index (χ1v) is 8.20. The Balaban J connectivity index is 1.54. The molecule has 0 atom stereocenters. The highest BCUT2D eigenvalue weighted by atomic mass is 19.1. The van der Waals surface area contributed by atoms with Gasteiger partial charge in [-0.1, -0.05) is 30.3 Å². The van der Waals surface area contributed by atoms with Gasteiger partial charge in [-0.2, -0.15) is 5.10 Å². The third-order valence-corrected chi connectivity index (χ3v) is 3.78.